The summed E-state index contributed by atoms with van der Waals surface area (Å²) in [6.45, 7) is 0.616. The maximum Gasteiger partial charge on any atom is 0.230 e. The fourth-order valence-electron chi connectivity index (χ4n) is 2.51. The first-order valence-corrected chi connectivity index (χ1v) is 7.39. The molecule has 1 N–H and O–H groups in total. The number of amides is 1. The van der Waals surface area contributed by atoms with E-state index in [4.69, 9.17) is 4.74 Å². The van der Waals surface area contributed by atoms with Crippen LogP contribution < -0.4 is 5.32 Å². The third kappa shape index (κ3) is 3.01. The molecule has 0 bridgehead atoms. The van der Waals surface area contributed by atoms with Crippen molar-refractivity contribution in [3.63, 3.8) is 0 Å². The number of aryl methyl sites for hydroxylation is 1. The summed E-state index contributed by atoms with van der Waals surface area (Å²) in [4.78, 5) is 16.7. The van der Waals surface area contributed by atoms with Crippen LogP contribution in [0.15, 0.2) is 30.6 Å². The van der Waals surface area contributed by atoms with E-state index >= 15 is 0 Å². The highest BCUT2D eigenvalue weighted by atomic mass is 16.5. The number of hydrogen-bond acceptors (Lipinski definition) is 4. The van der Waals surface area contributed by atoms with Crippen molar-refractivity contribution in [1.29, 1.82) is 0 Å². The average Bonchev–Trinajstić information content (AvgIpc) is 3.20. The maximum absolute atomic E-state index is 12.5. The van der Waals surface area contributed by atoms with Crippen molar-refractivity contribution >= 4 is 11.6 Å². The molecule has 1 aromatic heterocycles. The minimum atomic E-state index is -0.241. The quantitative estimate of drug-likeness (QED) is 0.888. The molecule has 1 saturated carbocycles. The minimum Gasteiger partial charge on any atom is -0.385 e. The van der Waals surface area contributed by atoms with Gasteiger partial charge in [0.25, 0.3) is 0 Å². The van der Waals surface area contributed by atoms with Crippen molar-refractivity contribution in [3.8, 4) is 11.4 Å². The first-order chi connectivity index (χ1) is 10.6. The molecule has 6 heteroatoms. The number of benzene rings is 1. The molecule has 1 aliphatic carbocycles. The van der Waals surface area contributed by atoms with Gasteiger partial charge in [0.15, 0.2) is 5.82 Å². The Balaban J connectivity index is 1.72. The van der Waals surface area contributed by atoms with E-state index in [1.165, 1.54) is 0 Å². The van der Waals surface area contributed by atoms with Crippen LogP contribution in [0, 0.1) is 5.41 Å². The summed E-state index contributed by atoms with van der Waals surface area (Å²) >= 11 is 0. The highest BCUT2D eigenvalue weighted by molar-refractivity contribution is 5.97. The Morgan fingerprint density at radius 2 is 2.27 bits per heavy atom. The number of nitrogens with one attached hydrogen (secondary N) is 1. The van der Waals surface area contributed by atoms with Gasteiger partial charge < -0.3 is 10.1 Å². The van der Waals surface area contributed by atoms with Gasteiger partial charge >= 0.3 is 0 Å². The molecule has 1 amide bonds. The van der Waals surface area contributed by atoms with Crippen LogP contribution in [0.25, 0.3) is 11.4 Å². The second kappa shape index (κ2) is 5.88. The van der Waals surface area contributed by atoms with Gasteiger partial charge in [-0.15, -0.1) is 0 Å². The van der Waals surface area contributed by atoms with E-state index < -0.39 is 0 Å². The lowest BCUT2D eigenvalue weighted by atomic mass is 10.0. The summed E-state index contributed by atoms with van der Waals surface area (Å²) in [6.07, 6.45) is 4.30. The molecule has 0 radical (unpaired) electrons. The van der Waals surface area contributed by atoms with E-state index in [2.05, 4.69) is 15.4 Å². The lowest BCUT2D eigenvalue weighted by Gasteiger charge is -2.15. The van der Waals surface area contributed by atoms with Gasteiger partial charge in [0.1, 0.15) is 6.33 Å². The molecule has 22 heavy (non-hydrogen) atoms. The standard InChI is InChI=1S/C16H20N4O2/c1-20-11-17-14(19-20)12-4-3-5-13(10-12)18-15(21)16(6-7-16)8-9-22-2/h3-5,10-11H,6-9H2,1-2H3,(H,18,21). The van der Waals surface area contributed by atoms with Crippen LogP contribution in [0.2, 0.25) is 0 Å². The summed E-state index contributed by atoms with van der Waals surface area (Å²) in [5.74, 6) is 0.731. The number of carbonyl (C=O) groups excluding carboxylic acids is 1. The Bertz CT molecular complexity index is 676. The van der Waals surface area contributed by atoms with E-state index in [9.17, 15) is 4.79 Å². The van der Waals surface area contributed by atoms with Crippen LogP contribution >= 0.6 is 0 Å². The van der Waals surface area contributed by atoms with Gasteiger partial charge in [0, 0.05) is 32.0 Å². The molecule has 0 spiro atoms. The third-order valence-corrected chi connectivity index (χ3v) is 4.10. The molecular weight excluding hydrogens is 280 g/mol. The number of methoxy groups -OCH3 is 1. The van der Waals surface area contributed by atoms with Crippen LogP contribution in [-0.4, -0.2) is 34.4 Å². The molecule has 0 atom stereocenters. The second-order valence-electron chi connectivity index (χ2n) is 5.80. The van der Waals surface area contributed by atoms with Crippen LogP contribution in [0.3, 0.4) is 0 Å². The van der Waals surface area contributed by atoms with Gasteiger partial charge in [-0.1, -0.05) is 12.1 Å². The summed E-state index contributed by atoms with van der Waals surface area (Å²) in [5.41, 5.74) is 1.42. The van der Waals surface area contributed by atoms with Gasteiger partial charge in [-0.2, -0.15) is 5.10 Å². The third-order valence-electron chi connectivity index (χ3n) is 4.10. The molecule has 0 unspecified atom stereocenters. The van der Waals surface area contributed by atoms with Crippen LogP contribution in [0.4, 0.5) is 5.69 Å². The van der Waals surface area contributed by atoms with E-state index in [0.29, 0.717) is 12.4 Å². The van der Waals surface area contributed by atoms with E-state index in [-0.39, 0.29) is 11.3 Å². The molecule has 6 nitrogen and oxygen atoms in total. The Morgan fingerprint density at radius 3 is 2.91 bits per heavy atom. The molecule has 0 aliphatic heterocycles. The van der Waals surface area contributed by atoms with Crippen molar-refractivity contribution in [2.24, 2.45) is 12.5 Å². The van der Waals surface area contributed by atoms with Crippen molar-refractivity contribution in [2.45, 2.75) is 19.3 Å². The largest absolute Gasteiger partial charge is 0.385 e. The highest BCUT2D eigenvalue weighted by Gasteiger charge is 2.49. The smallest absolute Gasteiger partial charge is 0.230 e. The van der Waals surface area contributed by atoms with Crippen molar-refractivity contribution in [3.05, 3.63) is 30.6 Å². The molecular formula is C16H20N4O2. The summed E-state index contributed by atoms with van der Waals surface area (Å²) in [6, 6.07) is 7.62. The zero-order chi connectivity index (χ0) is 15.6. The lowest BCUT2D eigenvalue weighted by molar-refractivity contribution is -0.121. The molecule has 1 aliphatic rings. The first-order valence-electron chi connectivity index (χ1n) is 7.39. The van der Waals surface area contributed by atoms with Crippen LogP contribution in [-0.2, 0) is 16.6 Å². The molecule has 0 saturated heterocycles. The van der Waals surface area contributed by atoms with Crippen molar-refractivity contribution < 1.29 is 9.53 Å². The van der Waals surface area contributed by atoms with Gasteiger partial charge in [0.2, 0.25) is 5.91 Å². The fraction of sp³-hybridized carbons (Fsp3) is 0.438. The number of hydrogen-bond donors (Lipinski definition) is 1. The number of rotatable bonds is 6. The Hall–Kier alpha value is -2.21. The summed E-state index contributed by atoms with van der Waals surface area (Å²) < 4.78 is 6.76. The SMILES string of the molecule is COCCC1(C(=O)Nc2cccc(-c3ncn(C)n3)c2)CC1. The van der Waals surface area contributed by atoms with Crippen LogP contribution in [0.1, 0.15) is 19.3 Å². The summed E-state index contributed by atoms with van der Waals surface area (Å²) in [5, 5.41) is 7.29. The molecule has 1 fully saturated rings. The van der Waals surface area contributed by atoms with E-state index in [1.54, 1.807) is 18.1 Å². The topological polar surface area (TPSA) is 69.0 Å². The second-order valence-corrected chi connectivity index (χ2v) is 5.80. The number of aromatic nitrogens is 3. The monoisotopic (exact) mass is 300 g/mol. The number of nitrogens with zero attached hydrogens (tertiary/aromatic N) is 3. The fourth-order valence-corrected chi connectivity index (χ4v) is 2.51. The first kappa shape index (κ1) is 14.7. The zero-order valence-electron chi connectivity index (χ0n) is 12.9. The predicted molar refractivity (Wildman–Crippen MR) is 83.2 cm³/mol. The number of ether oxygens (including phenoxy) is 1. The Morgan fingerprint density at radius 1 is 1.45 bits per heavy atom. The van der Waals surface area contributed by atoms with E-state index in [1.807, 2.05) is 31.3 Å². The molecule has 3 rings (SSSR count). The Kier molecular flexibility index (Phi) is 3.94. The molecule has 1 aromatic carbocycles. The van der Waals surface area contributed by atoms with Gasteiger partial charge in [0.05, 0.1) is 5.41 Å². The molecule has 1 heterocycles. The minimum absolute atomic E-state index is 0.0793. The average molecular weight is 300 g/mol. The predicted octanol–water partition coefficient (Wildman–Crippen LogP) is 2.24. The lowest BCUT2D eigenvalue weighted by Crippen LogP contribution is -2.25. The van der Waals surface area contributed by atoms with E-state index in [0.717, 1.165) is 30.5 Å². The summed E-state index contributed by atoms with van der Waals surface area (Å²) in [7, 11) is 3.49. The number of anilines is 1. The number of carbonyl (C=O) groups is 1. The zero-order valence-corrected chi connectivity index (χ0v) is 12.9. The molecule has 2 aromatic rings. The Labute approximate surface area is 129 Å². The maximum atomic E-state index is 12.5. The van der Waals surface area contributed by atoms with Crippen molar-refractivity contribution in [2.75, 3.05) is 19.0 Å². The van der Waals surface area contributed by atoms with Crippen LogP contribution in [0.5, 0.6) is 0 Å². The van der Waals surface area contributed by atoms with Gasteiger partial charge in [-0.25, -0.2) is 4.98 Å². The van der Waals surface area contributed by atoms with Gasteiger partial charge in [-0.3, -0.25) is 9.48 Å². The van der Waals surface area contributed by atoms with Gasteiger partial charge in [-0.05, 0) is 31.4 Å². The van der Waals surface area contributed by atoms with Crippen molar-refractivity contribution in [1.82, 2.24) is 14.8 Å². The normalized spacial score (nSPS) is 15.5. The molecule has 116 valence electrons. The highest BCUT2D eigenvalue weighted by Crippen LogP contribution is 2.49.